The number of likely N-dealkylation sites (tertiary alicyclic amines) is 1. The molecule has 5 nitrogen and oxygen atoms in total. The Labute approximate surface area is 136 Å². The van der Waals surface area contributed by atoms with Crippen molar-refractivity contribution < 1.29 is 14.7 Å². The molecule has 0 saturated carbocycles. The highest BCUT2D eigenvalue weighted by Crippen LogP contribution is 2.34. The third-order valence-corrected chi connectivity index (χ3v) is 5.12. The van der Waals surface area contributed by atoms with Crippen LogP contribution in [0.3, 0.4) is 0 Å². The van der Waals surface area contributed by atoms with Crippen LogP contribution in [0.5, 0.6) is 0 Å². The summed E-state index contributed by atoms with van der Waals surface area (Å²) in [4.78, 5) is 28.7. The average molecular weight is 316 g/mol. The van der Waals surface area contributed by atoms with Crippen molar-refractivity contribution in [2.75, 3.05) is 18.1 Å². The predicted molar refractivity (Wildman–Crippen MR) is 88.1 cm³/mol. The largest absolute Gasteiger partial charge is 0.396 e. The number of hydrogen-bond donors (Lipinski definition) is 1. The molecular weight excluding hydrogens is 292 g/mol. The van der Waals surface area contributed by atoms with Crippen LogP contribution in [0.2, 0.25) is 0 Å². The van der Waals surface area contributed by atoms with Crippen LogP contribution in [-0.2, 0) is 16.0 Å². The summed E-state index contributed by atoms with van der Waals surface area (Å²) < 4.78 is 0. The molecule has 3 atom stereocenters. The number of piperidine rings is 1. The molecule has 0 radical (unpaired) electrons. The Kier molecular flexibility index (Phi) is 4.39. The summed E-state index contributed by atoms with van der Waals surface area (Å²) in [5, 5.41) is 9.42. The third kappa shape index (κ3) is 2.85. The van der Waals surface area contributed by atoms with Crippen molar-refractivity contribution in [2.45, 2.75) is 45.2 Å². The van der Waals surface area contributed by atoms with Gasteiger partial charge in [0.25, 0.3) is 0 Å². The first-order chi connectivity index (χ1) is 11.0. The van der Waals surface area contributed by atoms with E-state index in [1.165, 1.54) is 6.92 Å². The highest BCUT2D eigenvalue weighted by molar-refractivity contribution is 6.02. The van der Waals surface area contributed by atoms with E-state index in [-0.39, 0.29) is 30.4 Å². The third-order valence-electron chi connectivity index (χ3n) is 5.12. The number of aliphatic hydroxyl groups is 1. The lowest BCUT2D eigenvalue weighted by atomic mass is 9.93. The van der Waals surface area contributed by atoms with E-state index >= 15 is 0 Å². The van der Waals surface area contributed by atoms with Crippen LogP contribution in [0.15, 0.2) is 24.3 Å². The van der Waals surface area contributed by atoms with E-state index in [4.69, 9.17) is 0 Å². The highest BCUT2D eigenvalue weighted by atomic mass is 16.3. The van der Waals surface area contributed by atoms with E-state index in [0.29, 0.717) is 13.0 Å². The van der Waals surface area contributed by atoms with Crippen molar-refractivity contribution in [3.63, 3.8) is 0 Å². The molecule has 1 aromatic carbocycles. The molecule has 23 heavy (non-hydrogen) atoms. The molecule has 2 unspecified atom stereocenters. The number of nitrogens with zero attached hydrogens (tertiary/aromatic N) is 2. The van der Waals surface area contributed by atoms with Gasteiger partial charge in [0.1, 0.15) is 6.04 Å². The Balaban J connectivity index is 1.86. The Hall–Kier alpha value is -1.88. The predicted octanol–water partition coefficient (Wildman–Crippen LogP) is 1.58. The first-order valence-corrected chi connectivity index (χ1v) is 8.32. The van der Waals surface area contributed by atoms with Gasteiger partial charge in [-0.05, 0) is 37.3 Å². The quantitative estimate of drug-likeness (QED) is 0.901. The molecule has 2 aliphatic heterocycles. The number of carbonyl (C=O) groups excluding carboxylic acids is 2. The van der Waals surface area contributed by atoms with Crippen molar-refractivity contribution >= 4 is 17.5 Å². The summed E-state index contributed by atoms with van der Waals surface area (Å²) in [5.41, 5.74) is 1.89. The second kappa shape index (κ2) is 6.32. The molecule has 2 heterocycles. The van der Waals surface area contributed by atoms with Crippen molar-refractivity contribution in [3.05, 3.63) is 29.8 Å². The molecule has 0 spiro atoms. The summed E-state index contributed by atoms with van der Waals surface area (Å²) in [6.07, 6.45) is 2.42. The van der Waals surface area contributed by atoms with Gasteiger partial charge in [-0.3, -0.25) is 14.5 Å². The van der Waals surface area contributed by atoms with Crippen LogP contribution in [0.1, 0.15) is 32.3 Å². The summed E-state index contributed by atoms with van der Waals surface area (Å²) in [5.74, 6) is 0.0448. The van der Waals surface area contributed by atoms with Gasteiger partial charge < -0.3 is 10.0 Å². The van der Waals surface area contributed by atoms with Crippen LogP contribution in [0.25, 0.3) is 0 Å². The molecule has 0 aromatic heterocycles. The summed E-state index contributed by atoms with van der Waals surface area (Å²) in [6.45, 7) is 4.25. The molecule has 2 amide bonds. The topological polar surface area (TPSA) is 60.9 Å². The first-order valence-electron chi connectivity index (χ1n) is 8.32. The first kappa shape index (κ1) is 16.0. The summed E-state index contributed by atoms with van der Waals surface area (Å²) >= 11 is 0. The molecule has 3 rings (SSSR count). The number of amides is 2. The van der Waals surface area contributed by atoms with E-state index in [2.05, 4.69) is 0 Å². The highest BCUT2D eigenvalue weighted by Gasteiger charge is 2.41. The van der Waals surface area contributed by atoms with Crippen molar-refractivity contribution in [1.29, 1.82) is 0 Å². The van der Waals surface area contributed by atoms with Gasteiger partial charge in [0, 0.05) is 38.2 Å². The molecule has 0 bridgehead atoms. The maximum atomic E-state index is 13.1. The number of aliphatic hydroxyl groups excluding tert-OH is 1. The van der Waals surface area contributed by atoms with Gasteiger partial charge in [-0.25, -0.2) is 0 Å². The maximum Gasteiger partial charge on any atom is 0.246 e. The second-order valence-corrected chi connectivity index (χ2v) is 6.70. The fourth-order valence-corrected chi connectivity index (χ4v) is 3.80. The van der Waals surface area contributed by atoms with Gasteiger partial charge >= 0.3 is 0 Å². The molecular formula is C18H24N2O3. The second-order valence-electron chi connectivity index (χ2n) is 6.70. The van der Waals surface area contributed by atoms with Gasteiger partial charge in [0.2, 0.25) is 11.8 Å². The molecule has 1 N–H and O–H groups in total. The fraction of sp³-hybridized carbons (Fsp3) is 0.556. The van der Waals surface area contributed by atoms with Crippen molar-refractivity contribution in [1.82, 2.24) is 4.90 Å². The van der Waals surface area contributed by atoms with E-state index in [0.717, 1.165) is 24.1 Å². The lowest BCUT2D eigenvalue weighted by molar-refractivity contribution is -0.138. The Bertz CT molecular complexity index is 616. The number of benzene rings is 1. The smallest absolute Gasteiger partial charge is 0.246 e. The van der Waals surface area contributed by atoms with E-state index in [9.17, 15) is 14.7 Å². The summed E-state index contributed by atoms with van der Waals surface area (Å²) in [6, 6.07) is 7.42. The number of anilines is 1. The Morgan fingerprint density at radius 1 is 1.26 bits per heavy atom. The minimum atomic E-state index is -0.454. The van der Waals surface area contributed by atoms with Gasteiger partial charge in [-0.1, -0.05) is 18.2 Å². The van der Waals surface area contributed by atoms with E-state index in [1.54, 1.807) is 4.90 Å². The average Bonchev–Trinajstić information content (AvgIpc) is 2.94. The SMILES string of the molecule is CC(=O)N1c2ccccc2C[C@H]1C(=O)N1CC(CO)CCC1C. The number of rotatable bonds is 2. The van der Waals surface area contributed by atoms with Crippen LogP contribution in [0.4, 0.5) is 5.69 Å². The zero-order chi connectivity index (χ0) is 16.6. The lowest BCUT2D eigenvalue weighted by Crippen LogP contribution is -2.54. The van der Waals surface area contributed by atoms with Gasteiger partial charge in [0.15, 0.2) is 0 Å². The number of hydrogen-bond acceptors (Lipinski definition) is 3. The Morgan fingerprint density at radius 2 is 2.00 bits per heavy atom. The molecule has 0 aliphatic carbocycles. The summed E-state index contributed by atoms with van der Waals surface area (Å²) in [7, 11) is 0. The standard InChI is InChI=1S/C18H24N2O3/c1-12-7-8-14(11-21)10-19(12)18(23)17-9-15-5-3-4-6-16(15)20(17)13(2)22/h3-6,12,14,17,21H,7-11H2,1-2H3/t12?,14?,17-/m0/s1. The van der Waals surface area contributed by atoms with Crippen LogP contribution < -0.4 is 4.90 Å². The molecule has 1 saturated heterocycles. The van der Waals surface area contributed by atoms with E-state index < -0.39 is 6.04 Å². The minimum Gasteiger partial charge on any atom is -0.396 e. The van der Waals surface area contributed by atoms with Gasteiger partial charge in [0.05, 0.1) is 0 Å². The molecule has 1 aromatic rings. The number of fused-ring (bicyclic) bond motifs is 1. The minimum absolute atomic E-state index is 0.00190. The van der Waals surface area contributed by atoms with Crippen molar-refractivity contribution in [2.24, 2.45) is 5.92 Å². The zero-order valence-electron chi connectivity index (χ0n) is 13.7. The van der Waals surface area contributed by atoms with Crippen LogP contribution >= 0.6 is 0 Å². The monoisotopic (exact) mass is 316 g/mol. The van der Waals surface area contributed by atoms with Gasteiger partial charge in [-0.15, -0.1) is 0 Å². The van der Waals surface area contributed by atoms with Crippen LogP contribution in [0, 0.1) is 5.92 Å². The maximum absolute atomic E-state index is 13.1. The van der Waals surface area contributed by atoms with Gasteiger partial charge in [-0.2, -0.15) is 0 Å². The number of carbonyl (C=O) groups is 2. The van der Waals surface area contributed by atoms with Crippen LogP contribution in [-0.4, -0.2) is 47.1 Å². The fourth-order valence-electron chi connectivity index (χ4n) is 3.80. The lowest BCUT2D eigenvalue weighted by Gasteiger charge is -2.40. The van der Waals surface area contributed by atoms with Crippen molar-refractivity contribution in [3.8, 4) is 0 Å². The molecule has 2 aliphatic rings. The zero-order valence-corrected chi connectivity index (χ0v) is 13.7. The Morgan fingerprint density at radius 3 is 2.70 bits per heavy atom. The normalized spacial score (nSPS) is 27.0. The molecule has 5 heteroatoms. The van der Waals surface area contributed by atoms with E-state index in [1.807, 2.05) is 36.1 Å². The molecule has 1 fully saturated rings. The number of para-hydroxylation sites is 1. The molecule has 124 valence electrons.